The number of nitrogens with zero attached hydrogens (tertiary/aromatic N) is 2. The Hall–Kier alpha value is -4.10. The molecule has 5 rings (SSSR count). The fraction of sp³-hybridized carbons (Fsp3) is 0.250. The molecule has 10 heteroatoms. The van der Waals surface area contributed by atoms with Crippen LogP contribution in [0.3, 0.4) is 0 Å². The van der Waals surface area contributed by atoms with E-state index in [4.69, 9.17) is 9.26 Å². The zero-order valence-electron chi connectivity index (χ0n) is 18.3. The number of carboxylic acids is 1. The number of anilines is 1. The number of amides is 1. The summed E-state index contributed by atoms with van der Waals surface area (Å²) >= 11 is 1.34. The van der Waals surface area contributed by atoms with E-state index in [1.54, 1.807) is 13.8 Å². The first-order chi connectivity index (χ1) is 16.4. The molecule has 4 aromatic rings. The number of aryl methyl sites for hydroxylation is 1. The molecule has 1 aliphatic carbocycles. The van der Waals surface area contributed by atoms with Gasteiger partial charge in [-0.3, -0.25) is 10.1 Å². The van der Waals surface area contributed by atoms with Crippen molar-refractivity contribution >= 4 is 39.4 Å². The summed E-state index contributed by atoms with van der Waals surface area (Å²) in [5, 5.41) is 16.0. The van der Waals surface area contributed by atoms with E-state index >= 15 is 0 Å². The minimum atomic E-state index is -0.880. The van der Waals surface area contributed by atoms with Gasteiger partial charge in [0.25, 0.3) is 0 Å². The van der Waals surface area contributed by atoms with Gasteiger partial charge in [-0.25, -0.2) is 9.78 Å². The summed E-state index contributed by atoms with van der Waals surface area (Å²) in [6.45, 7) is 3.48. The lowest BCUT2D eigenvalue weighted by molar-refractivity contribution is -0.140. The number of ether oxygens (including phenoxy) is 1. The van der Waals surface area contributed by atoms with Crippen LogP contribution in [-0.2, 0) is 14.9 Å². The number of carboxylic acid groups (broad SMARTS) is 1. The molecule has 0 bridgehead atoms. The van der Waals surface area contributed by atoms with Crippen LogP contribution in [0.4, 0.5) is 10.5 Å². The molecule has 0 aliphatic heterocycles. The van der Waals surface area contributed by atoms with Crippen LogP contribution in [0.1, 0.15) is 53.6 Å². The van der Waals surface area contributed by atoms with E-state index in [-0.39, 0.29) is 5.76 Å². The molecule has 3 heterocycles. The molecule has 1 aliphatic rings. The van der Waals surface area contributed by atoms with Gasteiger partial charge in [-0.05, 0) is 50.2 Å². The lowest BCUT2D eigenvalue weighted by Crippen LogP contribution is -2.20. The number of rotatable bonds is 5. The van der Waals surface area contributed by atoms with Gasteiger partial charge in [0.1, 0.15) is 33.6 Å². The van der Waals surface area contributed by atoms with Crippen molar-refractivity contribution in [2.24, 2.45) is 0 Å². The molecule has 0 spiro atoms. The second kappa shape index (κ2) is 8.35. The lowest BCUT2D eigenvalue weighted by atomic mass is 10.1. The normalized spacial score (nSPS) is 14.8. The Labute approximate surface area is 198 Å². The van der Waals surface area contributed by atoms with Gasteiger partial charge in [-0.2, -0.15) is 0 Å². The van der Waals surface area contributed by atoms with Crippen molar-refractivity contribution < 1.29 is 24.0 Å². The third-order valence-corrected chi connectivity index (χ3v) is 6.68. The van der Waals surface area contributed by atoms with E-state index in [0.717, 1.165) is 11.1 Å². The molecule has 34 heavy (non-hydrogen) atoms. The number of H-pyrrole nitrogens is 1. The molecule has 1 amide bonds. The van der Waals surface area contributed by atoms with Crippen molar-refractivity contribution in [2.45, 2.75) is 38.2 Å². The van der Waals surface area contributed by atoms with Crippen LogP contribution < -0.4 is 5.32 Å². The highest BCUT2D eigenvalue weighted by molar-refractivity contribution is 7.19. The zero-order chi connectivity index (χ0) is 23.9. The number of aliphatic carboxylic acids is 1. The van der Waals surface area contributed by atoms with Crippen LogP contribution in [0.2, 0.25) is 0 Å². The summed E-state index contributed by atoms with van der Waals surface area (Å²) in [5.74, 6) is 5.72. The number of nitrogens with one attached hydrogen (secondary N) is 2. The molecule has 1 fully saturated rings. The Morgan fingerprint density at radius 3 is 2.74 bits per heavy atom. The van der Waals surface area contributed by atoms with Gasteiger partial charge in [-0.1, -0.05) is 35.5 Å². The molecule has 1 aromatic carbocycles. The van der Waals surface area contributed by atoms with E-state index < -0.39 is 23.6 Å². The van der Waals surface area contributed by atoms with Gasteiger partial charge in [-0.15, -0.1) is 11.3 Å². The van der Waals surface area contributed by atoms with E-state index in [1.807, 2.05) is 36.4 Å². The Balaban J connectivity index is 1.30. The summed E-state index contributed by atoms with van der Waals surface area (Å²) in [4.78, 5) is 32.9. The molecule has 0 saturated heterocycles. The van der Waals surface area contributed by atoms with Gasteiger partial charge in [0.2, 0.25) is 5.76 Å². The highest BCUT2D eigenvalue weighted by Crippen LogP contribution is 2.47. The molecule has 9 nitrogen and oxygen atoms in total. The maximum Gasteiger partial charge on any atom is 0.412 e. The van der Waals surface area contributed by atoms with Gasteiger partial charge >= 0.3 is 12.1 Å². The summed E-state index contributed by atoms with van der Waals surface area (Å²) in [6.07, 6.45) is 0.101. The first-order valence-corrected chi connectivity index (χ1v) is 11.4. The van der Waals surface area contributed by atoms with Gasteiger partial charge < -0.3 is 19.4 Å². The number of fused-ring (bicyclic) bond motifs is 1. The van der Waals surface area contributed by atoms with Crippen LogP contribution in [-0.4, -0.2) is 32.3 Å². The number of aromatic nitrogens is 3. The number of carbonyl (C=O) groups is 2. The van der Waals surface area contributed by atoms with E-state index in [2.05, 4.69) is 32.3 Å². The first-order valence-electron chi connectivity index (χ1n) is 10.6. The van der Waals surface area contributed by atoms with Gasteiger partial charge in [0.05, 0.1) is 10.4 Å². The van der Waals surface area contributed by atoms with E-state index in [1.165, 1.54) is 11.3 Å². The smallest absolute Gasteiger partial charge is 0.412 e. The first kappa shape index (κ1) is 21.7. The molecule has 1 unspecified atom stereocenters. The van der Waals surface area contributed by atoms with Crippen LogP contribution in [0.25, 0.3) is 10.3 Å². The average molecular weight is 477 g/mol. The molecule has 1 atom stereocenters. The minimum Gasteiger partial charge on any atom is -0.480 e. The number of benzene rings is 1. The largest absolute Gasteiger partial charge is 0.480 e. The van der Waals surface area contributed by atoms with Crippen molar-refractivity contribution in [3.05, 3.63) is 64.1 Å². The van der Waals surface area contributed by atoms with Crippen LogP contribution in [0.15, 0.2) is 40.9 Å². The second-order valence-electron chi connectivity index (χ2n) is 8.11. The topological polar surface area (TPSA) is 130 Å². The number of hydrogen-bond donors (Lipinski definition) is 3. The Bertz CT molecular complexity index is 1420. The Kier molecular flexibility index (Phi) is 5.34. The standard InChI is InChI=1S/C24H20N4O5S/c1-13-19(26-23(31)32-14(2)15-6-4-3-5-7-15)18(33-28-13)9-8-16-12-17-20(34-16)27-21(25-17)24(10-11-24)22(29)30/h3-7,12,14H,10-11H2,1-2H3,(H,25,27)(H,26,31)(H,29,30). The van der Waals surface area contributed by atoms with Crippen molar-refractivity contribution in [1.29, 1.82) is 0 Å². The fourth-order valence-corrected chi connectivity index (χ4v) is 4.43. The van der Waals surface area contributed by atoms with E-state index in [0.29, 0.717) is 39.8 Å². The number of carbonyl (C=O) groups excluding carboxylic acids is 1. The highest BCUT2D eigenvalue weighted by atomic mass is 32.1. The van der Waals surface area contributed by atoms with Crippen LogP contribution in [0, 0.1) is 18.8 Å². The fourth-order valence-electron chi connectivity index (χ4n) is 3.58. The SMILES string of the molecule is Cc1noc(C#Cc2cc3[nH]c(C4(C(=O)O)CC4)nc3s2)c1NC(=O)OC(C)c1ccccc1. The third-order valence-electron chi connectivity index (χ3n) is 5.73. The molecule has 3 N–H and O–H groups in total. The van der Waals surface area contributed by atoms with Crippen LogP contribution >= 0.6 is 11.3 Å². The molecular formula is C24H20N4O5S. The quantitative estimate of drug-likeness (QED) is 0.354. The summed E-state index contributed by atoms with van der Waals surface area (Å²) in [6, 6.07) is 11.2. The van der Waals surface area contributed by atoms with Gasteiger partial charge in [0, 0.05) is 0 Å². The van der Waals surface area contributed by atoms with Crippen molar-refractivity contribution in [3.8, 4) is 11.8 Å². The van der Waals surface area contributed by atoms with Crippen molar-refractivity contribution in [1.82, 2.24) is 15.1 Å². The molecule has 0 radical (unpaired) electrons. The van der Waals surface area contributed by atoms with Crippen molar-refractivity contribution in [2.75, 3.05) is 5.32 Å². The maximum atomic E-state index is 12.4. The van der Waals surface area contributed by atoms with Crippen LogP contribution in [0.5, 0.6) is 0 Å². The third kappa shape index (κ3) is 4.02. The predicted octanol–water partition coefficient (Wildman–Crippen LogP) is 4.75. The monoisotopic (exact) mass is 476 g/mol. The molecule has 3 aromatic heterocycles. The second-order valence-corrected chi connectivity index (χ2v) is 9.14. The summed E-state index contributed by atoms with van der Waals surface area (Å²) in [7, 11) is 0. The molecule has 172 valence electrons. The number of hydrogen-bond acceptors (Lipinski definition) is 7. The average Bonchev–Trinajstić information content (AvgIpc) is 3.26. The molecular weight excluding hydrogens is 456 g/mol. The summed E-state index contributed by atoms with van der Waals surface area (Å²) in [5.41, 5.74) is 1.55. The maximum absolute atomic E-state index is 12.4. The Morgan fingerprint density at radius 2 is 2.06 bits per heavy atom. The lowest BCUT2D eigenvalue weighted by Gasteiger charge is -2.13. The zero-order valence-corrected chi connectivity index (χ0v) is 19.2. The van der Waals surface area contributed by atoms with Crippen molar-refractivity contribution in [3.63, 3.8) is 0 Å². The number of imidazole rings is 1. The predicted molar refractivity (Wildman–Crippen MR) is 125 cm³/mol. The minimum absolute atomic E-state index is 0.204. The number of thiophene rings is 1. The Morgan fingerprint density at radius 1 is 1.29 bits per heavy atom. The number of aromatic amines is 1. The molecule has 1 saturated carbocycles. The van der Waals surface area contributed by atoms with E-state index in [9.17, 15) is 14.7 Å². The highest BCUT2D eigenvalue weighted by Gasteiger charge is 2.54. The summed E-state index contributed by atoms with van der Waals surface area (Å²) < 4.78 is 10.7. The van der Waals surface area contributed by atoms with Gasteiger partial charge in [0.15, 0.2) is 0 Å².